The van der Waals surface area contributed by atoms with E-state index >= 15 is 0 Å². The first-order valence-corrected chi connectivity index (χ1v) is 5.94. The first kappa shape index (κ1) is 13.9. The molecule has 2 nitrogen and oxygen atoms in total. The topological polar surface area (TPSA) is 23.5 Å². The maximum absolute atomic E-state index is 9.54. The van der Waals surface area contributed by atoms with Gasteiger partial charge in [0.15, 0.2) is 0 Å². The number of rotatable bonds is 8. The second-order valence-corrected chi connectivity index (χ2v) is 4.47. The highest BCUT2D eigenvalue weighted by atomic mass is 16.3. The lowest BCUT2D eigenvalue weighted by Crippen LogP contribution is -2.37. The van der Waals surface area contributed by atoms with Crippen LogP contribution in [0.5, 0.6) is 0 Å². The van der Waals surface area contributed by atoms with Crippen LogP contribution >= 0.6 is 0 Å². The van der Waals surface area contributed by atoms with Crippen molar-refractivity contribution in [2.75, 3.05) is 14.1 Å². The van der Waals surface area contributed by atoms with Gasteiger partial charge < -0.3 is 10.0 Å². The fourth-order valence-corrected chi connectivity index (χ4v) is 1.89. The summed E-state index contributed by atoms with van der Waals surface area (Å²) < 4.78 is 0. The van der Waals surface area contributed by atoms with Crippen LogP contribution < -0.4 is 0 Å². The monoisotopic (exact) mass is 201 g/mol. The van der Waals surface area contributed by atoms with Crippen LogP contribution in [0.3, 0.4) is 0 Å². The molecule has 0 amide bonds. The molecule has 2 unspecified atom stereocenters. The summed E-state index contributed by atoms with van der Waals surface area (Å²) >= 11 is 0. The maximum atomic E-state index is 9.54. The second kappa shape index (κ2) is 8.25. The molecule has 2 atom stereocenters. The molecule has 2 heteroatoms. The summed E-state index contributed by atoms with van der Waals surface area (Å²) in [5.41, 5.74) is 0. The zero-order valence-corrected chi connectivity index (χ0v) is 10.3. The van der Waals surface area contributed by atoms with Crippen LogP contribution in [0.25, 0.3) is 0 Å². The van der Waals surface area contributed by atoms with E-state index in [1.807, 2.05) is 21.0 Å². The van der Waals surface area contributed by atoms with Crippen LogP contribution in [0, 0.1) is 0 Å². The van der Waals surface area contributed by atoms with Crippen molar-refractivity contribution in [1.29, 1.82) is 0 Å². The van der Waals surface area contributed by atoms with Gasteiger partial charge in [-0.1, -0.05) is 39.0 Å². The van der Waals surface area contributed by atoms with Gasteiger partial charge in [-0.25, -0.2) is 0 Å². The highest BCUT2D eigenvalue weighted by Crippen LogP contribution is 2.12. The van der Waals surface area contributed by atoms with Crippen LogP contribution in [-0.4, -0.2) is 36.2 Å². The smallest absolute Gasteiger partial charge is 0.0667 e. The van der Waals surface area contributed by atoms with Gasteiger partial charge in [-0.3, -0.25) is 0 Å². The average Bonchev–Trinajstić information content (AvgIpc) is 2.09. The van der Waals surface area contributed by atoms with Crippen molar-refractivity contribution in [3.63, 3.8) is 0 Å². The van der Waals surface area contributed by atoms with Crippen LogP contribution in [0.2, 0.25) is 0 Å². The third kappa shape index (κ3) is 6.39. The molecule has 0 aromatic carbocycles. The van der Waals surface area contributed by atoms with E-state index < -0.39 is 0 Å². The molecule has 0 radical (unpaired) electrons. The van der Waals surface area contributed by atoms with Crippen molar-refractivity contribution in [1.82, 2.24) is 4.90 Å². The Labute approximate surface area is 89.3 Å². The number of aliphatic hydroxyl groups excluding tert-OH is 1. The zero-order valence-electron chi connectivity index (χ0n) is 10.3. The lowest BCUT2D eigenvalue weighted by Gasteiger charge is -2.26. The molecular formula is C12H27NO. The Morgan fingerprint density at radius 1 is 1.07 bits per heavy atom. The Hall–Kier alpha value is -0.0800. The number of aliphatic hydroxyl groups is 1. The molecule has 14 heavy (non-hydrogen) atoms. The molecule has 0 heterocycles. The molecular weight excluding hydrogens is 174 g/mol. The van der Waals surface area contributed by atoms with Gasteiger partial charge in [0.05, 0.1) is 6.10 Å². The first-order chi connectivity index (χ1) is 6.59. The van der Waals surface area contributed by atoms with E-state index in [-0.39, 0.29) is 6.10 Å². The standard InChI is InChI=1S/C12H27NO/c1-5-6-7-8-9-10-12(11(2)14)13(3)4/h11-12,14H,5-10H2,1-4H3. The molecule has 0 aliphatic heterocycles. The second-order valence-electron chi connectivity index (χ2n) is 4.47. The number of hydrogen-bond donors (Lipinski definition) is 1. The molecule has 0 rings (SSSR count). The SMILES string of the molecule is CCCCCCCC(C(C)O)N(C)C. The van der Waals surface area contributed by atoms with Gasteiger partial charge in [-0.05, 0) is 27.4 Å². The third-order valence-electron chi connectivity index (χ3n) is 2.82. The fourth-order valence-electron chi connectivity index (χ4n) is 1.89. The van der Waals surface area contributed by atoms with Crippen molar-refractivity contribution in [2.45, 2.75) is 64.5 Å². The molecule has 0 saturated heterocycles. The molecule has 86 valence electrons. The van der Waals surface area contributed by atoms with E-state index in [1.165, 1.54) is 32.1 Å². The van der Waals surface area contributed by atoms with Gasteiger partial charge in [-0.15, -0.1) is 0 Å². The summed E-state index contributed by atoms with van der Waals surface area (Å²) in [6.07, 6.45) is 7.45. The Morgan fingerprint density at radius 2 is 1.64 bits per heavy atom. The number of hydrogen-bond acceptors (Lipinski definition) is 2. The van der Waals surface area contributed by atoms with Crippen molar-refractivity contribution in [3.8, 4) is 0 Å². The van der Waals surface area contributed by atoms with Crippen LogP contribution in [-0.2, 0) is 0 Å². The van der Waals surface area contributed by atoms with Gasteiger partial charge in [0, 0.05) is 6.04 Å². The van der Waals surface area contributed by atoms with E-state index in [0.717, 1.165) is 6.42 Å². The lowest BCUT2D eigenvalue weighted by atomic mass is 10.0. The predicted octanol–water partition coefficient (Wildman–Crippen LogP) is 2.66. The third-order valence-corrected chi connectivity index (χ3v) is 2.82. The van der Waals surface area contributed by atoms with Gasteiger partial charge in [0.2, 0.25) is 0 Å². The van der Waals surface area contributed by atoms with Gasteiger partial charge in [0.1, 0.15) is 0 Å². The number of nitrogens with zero attached hydrogens (tertiary/aromatic N) is 1. The van der Waals surface area contributed by atoms with E-state index in [4.69, 9.17) is 0 Å². The molecule has 0 saturated carbocycles. The molecule has 0 aliphatic carbocycles. The van der Waals surface area contributed by atoms with Gasteiger partial charge in [-0.2, -0.15) is 0 Å². The Kier molecular flexibility index (Phi) is 8.20. The summed E-state index contributed by atoms with van der Waals surface area (Å²) in [6.45, 7) is 4.12. The minimum absolute atomic E-state index is 0.212. The van der Waals surface area contributed by atoms with Gasteiger partial charge in [0.25, 0.3) is 0 Å². The first-order valence-electron chi connectivity index (χ1n) is 5.94. The highest BCUT2D eigenvalue weighted by molar-refractivity contribution is 4.71. The highest BCUT2D eigenvalue weighted by Gasteiger charge is 2.15. The van der Waals surface area contributed by atoms with Crippen molar-refractivity contribution in [2.24, 2.45) is 0 Å². The van der Waals surface area contributed by atoms with Crippen LogP contribution in [0.15, 0.2) is 0 Å². The van der Waals surface area contributed by atoms with Crippen molar-refractivity contribution >= 4 is 0 Å². The Bertz CT molecular complexity index is 115. The van der Waals surface area contributed by atoms with E-state index in [1.54, 1.807) is 0 Å². The minimum atomic E-state index is -0.212. The number of unbranched alkanes of at least 4 members (excludes halogenated alkanes) is 4. The van der Waals surface area contributed by atoms with Crippen LogP contribution in [0.1, 0.15) is 52.4 Å². The van der Waals surface area contributed by atoms with E-state index in [0.29, 0.717) is 6.04 Å². The summed E-state index contributed by atoms with van der Waals surface area (Å²) in [5.74, 6) is 0. The van der Waals surface area contributed by atoms with Crippen molar-refractivity contribution in [3.05, 3.63) is 0 Å². The molecule has 0 aliphatic rings. The fraction of sp³-hybridized carbons (Fsp3) is 1.00. The summed E-state index contributed by atoms with van der Waals surface area (Å²) in [5, 5.41) is 9.54. The van der Waals surface area contributed by atoms with Crippen molar-refractivity contribution < 1.29 is 5.11 Å². The zero-order chi connectivity index (χ0) is 11.0. The summed E-state index contributed by atoms with van der Waals surface area (Å²) in [6, 6.07) is 0.330. The summed E-state index contributed by atoms with van der Waals surface area (Å²) in [4.78, 5) is 2.13. The van der Waals surface area contributed by atoms with E-state index in [9.17, 15) is 5.11 Å². The Morgan fingerprint density at radius 3 is 2.07 bits per heavy atom. The quantitative estimate of drug-likeness (QED) is 0.610. The predicted molar refractivity (Wildman–Crippen MR) is 62.5 cm³/mol. The largest absolute Gasteiger partial charge is 0.392 e. The molecule has 1 N–H and O–H groups in total. The molecule has 0 fully saturated rings. The minimum Gasteiger partial charge on any atom is -0.392 e. The molecule has 0 aromatic heterocycles. The maximum Gasteiger partial charge on any atom is 0.0667 e. The lowest BCUT2D eigenvalue weighted by molar-refractivity contribution is 0.0834. The number of likely N-dealkylation sites (N-methyl/N-ethyl adjacent to an activating group) is 1. The molecule has 0 spiro atoms. The Balaban J connectivity index is 3.52. The van der Waals surface area contributed by atoms with Crippen LogP contribution in [0.4, 0.5) is 0 Å². The normalized spacial score (nSPS) is 15.9. The van der Waals surface area contributed by atoms with E-state index in [2.05, 4.69) is 11.8 Å². The molecule has 0 aromatic rings. The summed E-state index contributed by atoms with van der Waals surface area (Å²) in [7, 11) is 4.09. The van der Waals surface area contributed by atoms with Gasteiger partial charge >= 0.3 is 0 Å². The molecule has 0 bridgehead atoms. The average molecular weight is 201 g/mol.